The fourth-order valence-corrected chi connectivity index (χ4v) is 10.9. The summed E-state index contributed by atoms with van der Waals surface area (Å²) >= 11 is 1.35. The highest BCUT2D eigenvalue weighted by molar-refractivity contribution is 7.09. The van der Waals surface area contributed by atoms with Crippen molar-refractivity contribution in [1.82, 2.24) is 46.9 Å². The molecule has 0 radical (unpaired) electrons. The van der Waals surface area contributed by atoms with Crippen molar-refractivity contribution in [3.05, 3.63) is 93.5 Å². The van der Waals surface area contributed by atoms with Crippen LogP contribution in [0.5, 0.6) is 0 Å². The number of amides is 10. The number of fused-ring (bicyclic) bond motifs is 1. The van der Waals surface area contributed by atoms with Crippen molar-refractivity contribution in [2.45, 2.75) is 163 Å². The number of rotatable bonds is 36. The second-order valence-corrected chi connectivity index (χ2v) is 23.6. The van der Waals surface area contributed by atoms with Gasteiger partial charge in [-0.3, -0.25) is 48.7 Å². The first-order valence-corrected chi connectivity index (χ1v) is 31.5. The molecule has 2 aromatic carbocycles. The molecule has 3 aromatic rings. The molecule has 25 heteroatoms. The van der Waals surface area contributed by atoms with Gasteiger partial charge in [0.05, 0.1) is 25.7 Å². The maximum atomic E-state index is 13.8. The molecule has 1 aliphatic heterocycles. The summed E-state index contributed by atoms with van der Waals surface area (Å²) in [5.41, 5.74) is 7.68. The number of hydrogen-bond donors (Lipinski definition) is 7. The highest BCUT2D eigenvalue weighted by atomic mass is 32.1. The number of unbranched alkanes of at least 4 members (excludes halogenated alkanes) is 2. The highest BCUT2D eigenvalue weighted by Gasteiger charge is 2.35. The lowest BCUT2D eigenvalue weighted by Crippen LogP contribution is -2.51. The highest BCUT2D eigenvalue weighted by Crippen LogP contribution is 2.34. The molecule has 0 saturated heterocycles. The summed E-state index contributed by atoms with van der Waals surface area (Å²) < 4.78 is 22.3. The molecular formula is C63H90N10O14S. The van der Waals surface area contributed by atoms with Crippen molar-refractivity contribution < 1.29 is 66.9 Å². The minimum absolute atomic E-state index is 0.0127. The first-order valence-electron chi connectivity index (χ1n) is 30.7. The molecule has 0 fully saturated rings. The number of hydrazine groups is 1. The Morgan fingerprint density at radius 2 is 1.52 bits per heavy atom. The maximum Gasteiger partial charge on any atom is 0.426 e. The Labute approximate surface area is 520 Å². The van der Waals surface area contributed by atoms with Crippen molar-refractivity contribution in [1.29, 1.82) is 0 Å². The van der Waals surface area contributed by atoms with E-state index in [4.69, 9.17) is 23.9 Å². The van der Waals surface area contributed by atoms with E-state index in [1.807, 2.05) is 36.1 Å². The lowest BCUT2D eigenvalue weighted by molar-refractivity contribution is -0.138. The standard InChI is InChI=1S/C63H90N10O14S/c1-9-27-72(56(78)33-42(8)11-3)50(40(4)5)36-51(85-29-10-2)61-68-49(39-88-61)59(80)67-46-34-44-17-14-15-18-47(44)48(35-46)58(79)70-71-63(83)86-32-31-84-30-26-64-62(82)87-38-43-20-22-45(23-21-43)66-53(75)37-65-60(81)57(41(6)7)69-52(74)19-13-12-16-28-73-54(76)24-25-55(73)77/h14-15,17-18,20-25,39-42,46,48,50-51,57H,9-13,16,19,26-38H2,1-8H3,(H,64,82)(H,65,81)(H,66,75)(H,67,80)(H,69,74)(H,70,79)(H,71,83)/t42-,46-,48+,50?,51+,57?/m0/s1. The molecule has 2 unspecified atom stereocenters. The molecule has 2 heterocycles. The molecule has 482 valence electrons. The van der Waals surface area contributed by atoms with E-state index >= 15 is 0 Å². The van der Waals surface area contributed by atoms with Gasteiger partial charge in [0.25, 0.3) is 17.7 Å². The Morgan fingerprint density at radius 1 is 0.784 bits per heavy atom. The first-order chi connectivity index (χ1) is 42.2. The molecule has 1 aliphatic carbocycles. The Kier molecular flexibility index (Phi) is 30.0. The zero-order valence-electron chi connectivity index (χ0n) is 52.1. The van der Waals surface area contributed by atoms with Gasteiger partial charge in [0, 0.05) is 80.8 Å². The van der Waals surface area contributed by atoms with E-state index in [0.717, 1.165) is 35.3 Å². The number of ether oxygens (including phenoxy) is 4. The van der Waals surface area contributed by atoms with Gasteiger partial charge >= 0.3 is 12.2 Å². The van der Waals surface area contributed by atoms with Crippen LogP contribution in [0, 0.1) is 17.8 Å². The average molecular weight is 1240 g/mol. The summed E-state index contributed by atoms with van der Waals surface area (Å²) in [4.78, 5) is 136. The SMILES string of the molecule is CCCO[C@H](CC(C(C)C)N(CCC)C(=O)C[C@@H](C)CC)c1nc(C(=O)N[C@H]2Cc3ccccc3[C@H](C(=O)NNC(=O)OCCOCCNC(=O)OCc3ccc(NC(=O)CNC(=O)C(NC(=O)CCCCCN4C(=O)C=CC4=O)C(C)C)cc3)C2)cs1. The van der Waals surface area contributed by atoms with Crippen LogP contribution in [0.15, 0.2) is 66.1 Å². The molecule has 88 heavy (non-hydrogen) atoms. The van der Waals surface area contributed by atoms with E-state index in [2.05, 4.69) is 72.1 Å². The number of aromatic nitrogens is 1. The van der Waals surface area contributed by atoms with Crippen molar-refractivity contribution in [3.63, 3.8) is 0 Å². The average Bonchev–Trinajstić information content (AvgIpc) is 3.22. The summed E-state index contributed by atoms with van der Waals surface area (Å²) in [6, 6.07) is 12.6. The molecule has 7 N–H and O–H groups in total. The molecule has 0 bridgehead atoms. The number of hydrogen-bond acceptors (Lipinski definition) is 16. The number of carbonyl (C=O) groups is 10. The summed E-state index contributed by atoms with van der Waals surface area (Å²) in [7, 11) is 0. The van der Waals surface area contributed by atoms with Gasteiger partial charge in [0.15, 0.2) is 0 Å². The van der Waals surface area contributed by atoms with Gasteiger partial charge in [-0.25, -0.2) is 20.0 Å². The molecule has 24 nitrogen and oxygen atoms in total. The van der Waals surface area contributed by atoms with E-state index in [-0.39, 0.29) is 118 Å². The predicted molar refractivity (Wildman–Crippen MR) is 330 cm³/mol. The predicted octanol–water partition coefficient (Wildman–Crippen LogP) is 6.91. The van der Waals surface area contributed by atoms with E-state index in [9.17, 15) is 47.9 Å². The Bertz CT molecular complexity index is 2830. The zero-order valence-corrected chi connectivity index (χ0v) is 52.9. The largest absolute Gasteiger partial charge is 0.446 e. The molecule has 0 spiro atoms. The number of nitrogens with one attached hydrogen (secondary N) is 7. The molecule has 10 amide bonds. The third kappa shape index (κ3) is 23.4. The van der Waals surface area contributed by atoms with Gasteiger partial charge in [0.2, 0.25) is 29.5 Å². The molecular weight excluding hydrogens is 1150 g/mol. The second-order valence-electron chi connectivity index (χ2n) is 22.7. The summed E-state index contributed by atoms with van der Waals surface area (Å²) in [6.07, 6.45) is 6.52. The van der Waals surface area contributed by atoms with E-state index in [1.165, 1.54) is 23.5 Å². The summed E-state index contributed by atoms with van der Waals surface area (Å²) in [5, 5.41) is 16.0. The fourth-order valence-electron chi connectivity index (χ4n) is 10.0. The third-order valence-electron chi connectivity index (χ3n) is 15.0. The van der Waals surface area contributed by atoms with Crippen LogP contribution < -0.4 is 37.4 Å². The van der Waals surface area contributed by atoms with Gasteiger partial charge in [-0.05, 0) is 85.1 Å². The summed E-state index contributed by atoms with van der Waals surface area (Å²) in [6.45, 7) is 17.1. The fraction of sp³-hybridized carbons (Fsp3) is 0.571. The van der Waals surface area contributed by atoms with E-state index in [0.29, 0.717) is 67.9 Å². The lowest BCUT2D eigenvalue weighted by Gasteiger charge is -2.37. The van der Waals surface area contributed by atoms with E-state index < -0.39 is 54.0 Å². The van der Waals surface area contributed by atoms with Crippen LogP contribution in [0.25, 0.3) is 0 Å². The number of benzene rings is 2. The Morgan fingerprint density at radius 3 is 2.22 bits per heavy atom. The van der Waals surface area contributed by atoms with Crippen LogP contribution in [0.1, 0.15) is 164 Å². The maximum absolute atomic E-state index is 13.8. The second kappa shape index (κ2) is 37.2. The lowest BCUT2D eigenvalue weighted by atomic mass is 9.79. The number of nitrogens with zero attached hydrogens (tertiary/aromatic N) is 3. The van der Waals surface area contributed by atoms with Crippen molar-refractivity contribution in [2.75, 3.05) is 57.9 Å². The van der Waals surface area contributed by atoms with Crippen LogP contribution in [0.4, 0.5) is 15.3 Å². The monoisotopic (exact) mass is 1240 g/mol. The van der Waals surface area contributed by atoms with Crippen molar-refractivity contribution in [2.24, 2.45) is 17.8 Å². The minimum Gasteiger partial charge on any atom is -0.446 e. The van der Waals surface area contributed by atoms with Crippen LogP contribution in [-0.4, -0.2) is 145 Å². The van der Waals surface area contributed by atoms with Gasteiger partial charge < -0.3 is 50.4 Å². The first kappa shape index (κ1) is 71.0. The van der Waals surface area contributed by atoms with Crippen LogP contribution in [-0.2, 0) is 65.5 Å². The number of carbonyl (C=O) groups excluding carboxylic acids is 10. The smallest absolute Gasteiger partial charge is 0.426 e. The van der Waals surface area contributed by atoms with Crippen molar-refractivity contribution >= 4 is 76.5 Å². The van der Waals surface area contributed by atoms with Crippen LogP contribution in [0.2, 0.25) is 0 Å². The van der Waals surface area contributed by atoms with E-state index in [1.54, 1.807) is 43.5 Å². The van der Waals surface area contributed by atoms with Gasteiger partial charge in [-0.15, -0.1) is 11.3 Å². The number of anilines is 1. The van der Waals surface area contributed by atoms with Crippen molar-refractivity contribution in [3.8, 4) is 0 Å². The Balaban J connectivity index is 0.955. The number of thiazole rings is 1. The molecule has 2 aliphatic rings. The van der Waals surface area contributed by atoms with Gasteiger partial charge in [-0.1, -0.05) is 105 Å². The molecule has 6 atom stereocenters. The third-order valence-corrected chi connectivity index (χ3v) is 15.9. The summed E-state index contributed by atoms with van der Waals surface area (Å²) in [5.74, 6) is -3.33. The normalized spacial score (nSPS) is 15.8. The molecule has 5 rings (SSSR count). The Hall–Kier alpha value is -7.77. The number of alkyl carbamates (subject to hydrolysis) is 1. The van der Waals surface area contributed by atoms with Crippen LogP contribution >= 0.6 is 11.3 Å². The van der Waals surface area contributed by atoms with Gasteiger partial charge in [0.1, 0.15) is 36.1 Å². The zero-order chi connectivity index (χ0) is 64.1. The topological polar surface area (TPSA) is 311 Å². The quantitative estimate of drug-likeness (QED) is 0.0177. The minimum atomic E-state index is -0.920. The van der Waals surface area contributed by atoms with Crippen LogP contribution in [0.3, 0.4) is 0 Å². The molecule has 0 saturated carbocycles. The van der Waals surface area contributed by atoms with Gasteiger partial charge in [-0.2, -0.15) is 0 Å². The molecule has 1 aromatic heterocycles. The number of imide groups is 1.